The molecule has 23 heavy (non-hydrogen) atoms. The Morgan fingerprint density at radius 2 is 2.35 bits per heavy atom. The zero-order valence-electron chi connectivity index (χ0n) is 12.6. The SMILES string of the molecule is C=CCc1cccc(C=NNC(=O)c2cc(C3CC3)[nH]n2)c1O. The number of nitrogens with one attached hydrogen (secondary N) is 2. The summed E-state index contributed by atoms with van der Waals surface area (Å²) in [5, 5.41) is 20.9. The van der Waals surface area contributed by atoms with Crippen LogP contribution in [0.5, 0.6) is 5.75 Å². The van der Waals surface area contributed by atoms with Crippen LogP contribution in [0.1, 0.15) is 46.1 Å². The first-order valence-electron chi connectivity index (χ1n) is 7.49. The van der Waals surface area contributed by atoms with E-state index in [2.05, 4.69) is 27.3 Å². The number of phenolic OH excluding ortho intramolecular Hbond substituents is 1. The highest BCUT2D eigenvalue weighted by molar-refractivity contribution is 5.93. The van der Waals surface area contributed by atoms with Crippen molar-refractivity contribution in [2.75, 3.05) is 0 Å². The predicted octanol–water partition coefficient (Wildman–Crippen LogP) is 2.49. The van der Waals surface area contributed by atoms with Crippen molar-refractivity contribution in [2.24, 2.45) is 5.10 Å². The molecule has 0 spiro atoms. The van der Waals surface area contributed by atoms with Crippen molar-refractivity contribution < 1.29 is 9.90 Å². The highest BCUT2D eigenvalue weighted by Crippen LogP contribution is 2.38. The van der Waals surface area contributed by atoms with E-state index in [-0.39, 0.29) is 11.7 Å². The molecule has 6 heteroatoms. The molecule has 1 fully saturated rings. The van der Waals surface area contributed by atoms with Crippen molar-refractivity contribution in [1.29, 1.82) is 0 Å². The molecule has 3 N–H and O–H groups in total. The predicted molar refractivity (Wildman–Crippen MR) is 87.6 cm³/mol. The van der Waals surface area contributed by atoms with Gasteiger partial charge in [-0.1, -0.05) is 18.2 Å². The second-order valence-corrected chi connectivity index (χ2v) is 5.53. The van der Waals surface area contributed by atoms with Crippen LogP contribution in [-0.4, -0.2) is 27.4 Å². The van der Waals surface area contributed by atoms with Gasteiger partial charge < -0.3 is 5.11 Å². The second-order valence-electron chi connectivity index (χ2n) is 5.53. The number of phenols is 1. The van der Waals surface area contributed by atoms with Crippen LogP contribution in [-0.2, 0) is 6.42 Å². The Hall–Kier alpha value is -2.89. The molecule has 0 radical (unpaired) electrons. The van der Waals surface area contributed by atoms with E-state index in [4.69, 9.17) is 0 Å². The van der Waals surface area contributed by atoms with Gasteiger partial charge in [-0.05, 0) is 37.0 Å². The Labute approximate surface area is 133 Å². The molecular formula is C17H18N4O2. The summed E-state index contributed by atoms with van der Waals surface area (Å²) < 4.78 is 0. The molecule has 3 rings (SSSR count). The molecule has 1 saturated carbocycles. The first-order valence-corrected chi connectivity index (χ1v) is 7.49. The van der Waals surface area contributed by atoms with Gasteiger partial charge in [-0.3, -0.25) is 9.89 Å². The van der Waals surface area contributed by atoms with Gasteiger partial charge in [0.1, 0.15) is 5.75 Å². The summed E-state index contributed by atoms with van der Waals surface area (Å²) in [6, 6.07) is 7.11. The standard InChI is InChI=1S/C17H18N4O2/c1-2-4-12-5-3-6-13(16(12)22)10-18-21-17(23)15-9-14(19-20-15)11-7-8-11/h2-3,5-6,9-11,22H,1,4,7-8H2,(H,19,20)(H,21,23). The van der Waals surface area contributed by atoms with Crippen LogP contribution in [0.3, 0.4) is 0 Å². The minimum absolute atomic E-state index is 0.140. The Kier molecular flexibility index (Phi) is 4.23. The summed E-state index contributed by atoms with van der Waals surface area (Å²) in [5.74, 6) is 0.268. The monoisotopic (exact) mass is 310 g/mol. The van der Waals surface area contributed by atoms with Gasteiger partial charge in [-0.15, -0.1) is 6.58 Å². The zero-order valence-corrected chi connectivity index (χ0v) is 12.6. The molecule has 1 aliphatic rings. The Morgan fingerprint density at radius 3 is 3.09 bits per heavy atom. The number of amides is 1. The molecule has 118 valence electrons. The number of aromatic amines is 1. The van der Waals surface area contributed by atoms with Gasteiger partial charge in [-0.25, -0.2) is 5.43 Å². The number of hydrogen-bond donors (Lipinski definition) is 3. The van der Waals surface area contributed by atoms with Gasteiger partial charge in [0.2, 0.25) is 0 Å². The molecule has 0 atom stereocenters. The average molecular weight is 310 g/mol. The number of allylic oxidation sites excluding steroid dienone is 1. The number of aromatic nitrogens is 2. The van der Waals surface area contributed by atoms with Gasteiger partial charge in [-0.2, -0.15) is 10.2 Å². The van der Waals surface area contributed by atoms with Crippen LogP contribution < -0.4 is 5.43 Å². The van der Waals surface area contributed by atoms with Crippen molar-refractivity contribution >= 4 is 12.1 Å². The molecule has 2 aromatic rings. The van der Waals surface area contributed by atoms with E-state index in [1.165, 1.54) is 6.21 Å². The molecule has 1 aromatic carbocycles. The van der Waals surface area contributed by atoms with Crippen LogP contribution >= 0.6 is 0 Å². The number of hydrazone groups is 1. The number of rotatable bonds is 6. The van der Waals surface area contributed by atoms with E-state index >= 15 is 0 Å². The maximum Gasteiger partial charge on any atom is 0.291 e. The summed E-state index contributed by atoms with van der Waals surface area (Å²) >= 11 is 0. The van der Waals surface area contributed by atoms with Crippen LogP contribution in [0.2, 0.25) is 0 Å². The molecular weight excluding hydrogens is 292 g/mol. The van der Waals surface area contributed by atoms with Crippen molar-refractivity contribution in [3.05, 3.63) is 59.4 Å². The molecule has 1 aromatic heterocycles. The van der Waals surface area contributed by atoms with Crippen molar-refractivity contribution in [3.63, 3.8) is 0 Å². The average Bonchev–Trinajstić information content (AvgIpc) is 3.28. The quantitative estimate of drug-likeness (QED) is 0.435. The first kappa shape index (κ1) is 15.0. The smallest absolute Gasteiger partial charge is 0.291 e. The summed E-state index contributed by atoms with van der Waals surface area (Å²) in [4.78, 5) is 12.0. The van der Waals surface area contributed by atoms with E-state index < -0.39 is 0 Å². The molecule has 1 amide bonds. The summed E-state index contributed by atoms with van der Waals surface area (Å²) in [6.07, 6.45) is 5.97. The van der Waals surface area contributed by atoms with E-state index in [1.54, 1.807) is 18.2 Å². The van der Waals surface area contributed by atoms with Crippen LogP contribution in [0, 0.1) is 0 Å². The minimum Gasteiger partial charge on any atom is -0.507 e. The maximum absolute atomic E-state index is 12.0. The molecule has 0 saturated heterocycles. The molecule has 0 bridgehead atoms. The number of carbonyl (C=O) groups is 1. The third-order valence-electron chi connectivity index (χ3n) is 3.73. The fourth-order valence-electron chi connectivity index (χ4n) is 2.31. The van der Waals surface area contributed by atoms with E-state index in [1.807, 2.05) is 12.1 Å². The summed E-state index contributed by atoms with van der Waals surface area (Å²) in [6.45, 7) is 3.65. The van der Waals surface area contributed by atoms with Gasteiger partial charge in [0.25, 0.3) is 5.91 Å². The van der Waals surface area contributed by atoms with Crippen molar-refractivity contribution in [2.45, 2.75) is 25.2 Å². The zero-order chi connectivity index (χ0) is 16.2. The Bertz CT molecular complexity index is 760. The number of aromatic hydroxyl groups is 1. The van der Waals surface area contributed by atoms with Gasteiger partial charge in [0.05, 0.1) is 6.21 Å². The number of nitrogens with zero attached hydrogens (tertiary/aromatic N) is 2. The summed E-state index contributed by atoms with van der Waals surface area (Å²) in [7, 11) is 0. The fraction of sp³-hybridized carbons (Fsp3) is 0.235. The third-order valence-corrected chi connectivity index (χ3v) is 3.73. The molecule has 0 unspecified atom stereocenters. The molecule has 0 aliphatic heterocycles. The second kappa shape index (κ2) is 6.48. The minimum atomic E-state index is -0.383. The largest absolute Gasteiger partial charge is 0.507 e. The van der Waals surface area contributed by atoms with Gasteiger partial charge in [0.15, 0.2) is 5.69 Å². The fourth-order valence-corrected chi connectivity index (χ4v) is 2.31. The number of para-hydroxylation sites is 1. The summed E-state index contributed by atoms with van der Waals surface area (Å²) in [5.41, 5.74) is 5.02. The highest BCUT2D eigenvalue weighted by atomic mass is 16.3. The molecule has 1 heterocycles. The topological polar surface area (TPSA) is 90.4 Å². The lowest BCUT2D eigenvalue weighted by Gasteiger charge is -2.04. The van der Waals surface area contributed by atoms with Gasteiger partial charge in [0, 0.05) is 17.2 Å². The number of carbonyl (C=O) groups excluding carboxylic acids is 1. The lowest BCUT2D eigenvalue weighted by atomic mass is 10.1. The number of hydrogen-bond acceptors (Lipinski definition) is 4. The Balaban J connectivity index is 1.64. The maximum atomic E-state index is 12.0. The normalized spacial score (nSPS) is 14.1. The van der Waals surface area contributed by atoms with Crippen molar-refractivity contribution in [3.8, 4) is 5.75 Å². The Morgan fingerprint density at radius 1 is 1.52 bits per heavy atom. The van der Waals surface area contributed by atoms with E-state index in [0.29, 0.717) is 23.6 Å². The number of H-pyrrole nitrogens is 1. The van der Waals surface area contributed by atoms with Crippen LogP contribution in [0.25, 0.3) is 0 Å². The highest BCUT2D eigenvalue weighted by Gasteiger charge is 2.26. The first-order chi connectivity index (χ1) is 11.2. The van der Waals surface area contributed by atoms with E-state index in [0.717, 1.165) is 24.1 Å². The molecule has 6 nitrogen and oxygen atoms in total. The third kappa shape index (κ3) is 3.48. The lowest BCUT2D eigenvalue weighted by Crippen LogP contribution is -2.18. The number of benzene rings is 1. The van der Waals surface area contributed by atoms with Gasteiger partial charge >= 0.3 is 0 Å². The van der Waals surface area contributed by atoms with Crippen LogP contribution in [0.4, 0.5) is 0 Å². The van der Waals surface area contributed by atoms with Crippen LogP contribution in [0.15, 0.2) is 42.0 Å². The van der Waals surface area contributed by atoms with Crippen molar-refractivity contribution in [1.82, 2.24) is 15.6 Å². The van der Waals surface area contributed by atoms with E-state index in [9.17, 15) is 9.90 Å². The molecule has 1 aliphatic carbocycles. The lowest BCUT2D eigenvalue weighted by molar-refractivity contribution is 0.0950.